The molecule has 4 heterocycles. The molecular weight excluding hydrogens is 372 g/mol. The first-order valence-corrected chi connectivity index (χ1v) is 9.91. The molecule has 1 aliphatic heterocycles. The van der Waals surface area contributed by atoms with Gasteiger partial charge in [0.25, 0.3) is 5.91 Å². The number of hydrogen-bond donors (Lipinski definition) is 2. The van der Waals surface area contributed by atoms with Gasteiger partial charge in [0.2, 0.25) is 0 Å². The second kappa shape index (κ2) is 6.25. The number of aliphatic hydroxyl groups is 1. The number of aromatic nitrogens is 3. The van der Waals surface area contributed by atoms with Crippen LogP contribution in [0.5, 0.6) is 0 Å². The Kier molecular flexibility index (Phi) is 3.82. The van der Waals surface area contributed by atoms with E-state index < -0.39 is 5.60 Å². The number of fused-ring (bicyclic) bond motifs is 1. The van der Waals surface area contributed by atoms with Gasteiger partial charge in [-0.3, -0.25) is 4.79 Å². The van der Waals surface area contributed by atoms with E-state index in [-0.39, 0.29) is 5.91 Å². The van der Waals surface area contributed by atoms with Crippen LogP contribution in [-0.2, 0) is 10.4 Å². The molecular formula is C21H18N4O2S. The SMILES string of the molecule is CN1CC[C@@](O)(c2cccc(-c3nc(-c4ccnc5[nH]ccc45)cs3)c2)C1=O. The number of nitrogens with one attached hydrogen (secondary N) is 1. The van der Waals surface area contributed by atoms with E-state index in [2.05, 4.69) is 9.97 Å². The molecule has 1 aromatic carbocycles. The maximum absolute atomic E-state index is 12.4. The van der Waals surface area contributed by atoms with Crippen LogP contribution in [0.4, 0.5) is 0 Å². The Balaban J connectivity index is 1.54. The van der Waals surface area contributed by atoms with Gasteiger partial charge in [0.1, 0.15) is 10.7 Å². The Morgan fingerprint density at radius 1 is 1.29 bits per heavy atom. The molecule has 1 aliphatic rings. The molecule has 1 amide bonds. The van der Waals surface area contributed by atoms with E-state index in [1.54, 1.807) is 35.5 Å². The van der Waals surface area contributed by atoms with Gasteiger partial charge >= 0.3 is 0 Å². The summed E-state index contributed by atoms with van der Waals surface area (Å²) in [5.74, 6) is -0.254. The fourth-order valence-corrected chi connectivity index (χ4v) is 4.56. The van der Waals surface area contributed by atoms with Gasteiger partial charge in [0, 0.05) is 54.3 Å². The summed E-state index contributed by atoms with van der Waals surface area (Å²) in [6.45, 7) is 0.551. The first kappa shape index (κ1) is 17.1. The summed E-state index contributed by atoms with van der Waals surface area (Å²) in [4.78, 5) is 26.2. The van der Waals surface area contributed by atoms with Gasteiger partial charge in [0.05, 0.1) is 5.69 Å². The minimum atomic E-state index is -1.45. The van der Waals surface area contributed by atoms with Gasteiger partial charge in [-0.2, -0.15) is 0 Å². The van der Waals surface area contributed by atoms with Crippen molar-refractivity contribution < 1.29 is 9.90 Å². The summed E-state index contributed by atoms with van der Waals surface area (Å²) in [5, 5.41) is 14.8. The van der Waals surface area contributed by atoms with Crippen molar-refractivity contribution in [2.24, 2.45) is 0 Å². The van der Waals surface area contributed by atoms with Crippen molar-refractivity contribution in [1.82, 2.24) is 19.9 Å². The lowest BCUT2D eigenvalue weighted by Gasteiger charge is -2.21. The van der Waals surface area contributed by atoms with Gasteiger partial charge in [0.15, 0.2) is 5.60 Å². The van der Waals surface area contributed by atoms with E-state index in [0.717, 1.165) is 32.9 Å². The summed E-state index contributed by atoms with van der Waals surface area (Å²) in [5.41, 5.74) is 2.80. The number of aromatic amines is 1. The summed E-state index contributed by atoms with van der Waals surface area (Å²) in [6, 6.07) is 11.5. The predicted molar refractivity (Wildman–Crippen MR) is 109 cm³/mol. The minimum Gasteiger partial charge on any atom is -0.375 e. The highest BCUT2D eigenvalue weighted by Crippen LogP contribution is 2.36. The predicted octanol–water partition coefficient (Wildman–Crippen LogP) is 3.40. The molecule has 3 aromatic heterocycles. The Hall–Kier alpha value is -3.03. The molecule has 0 spiro atoms. The number of benzene rings is 1. The number of H-pyrrole nitrogens is 1. The van der Waals surface area contributed by atoms with Crippen LogP contribution in [0.25, 0.3) is 32.9 Å². The molecule has 0 bridgehead atoms. The zero-order chi connectivity index (χ0) is 19.3. The zero-order valence-corrected chi connectivity index (χ0v) is 16.0. The lowest BCUT2D eigenvalue weighted by molar-refractivity contribution is -0.143. The monoisotopic (exact) mass is 390 g/mol. The highest BCUT2D eigenvalue weighted by Gasteiger charge is 2.45. The zero-order valence-electron chi connectivity index (χ0n) is 15.2. The molecule has 28 heavy (non-hydrogen) atoms. The average Bonchev–Trinajstić information content (AvgIpc) is 3.45. The number of pyridine rings is 1. The van der Waals surface area contributed by atoms with Crippen LogP contribution in [0.3, 0.4) is 0 Å². The number of carbonyl (C=O) groups is 1. The Bertz CT molecular complexity index is 1200. The van der Waals surface area contributed by atoms with Crippen LogP contribution in [-0.4, -0.2) is 44.5 Å². The van der Waals surface area contributed by atoms with Crippen LogP contribution >= 0.6 is 11.3 Å². The first-order valence-electron chi connectivity index (χ1n) is 9.03. The smallest absolute Gasteiger partial charge is 0.258 e. The third-order valence-corrected chi connectivity index (χ3v) is 6.23. The minimum absolute atomic E-state index is 0.254. The third kappa shape index (κ3) is 2.55. The molecule has 1 atom stereocenters. The summed E-state index contributed by atoms with van der Waals surface area (Å²) in [7, 11) is 1.72. The molecule has 0 unspecified atom stereocenters. The quantitative estimate of drug-likeness (QED) is 0.562. The molecule has 6 nitrogen and oxygen atoms in total. The van der Waals surface area contributed by atoms with E-state index in [0.29, 0.717) is 18.5 Å². The van der Waals surface area contributed by atoms with Gasteiger partial charge in [-0.15, -0.1) is 11.3 Å². The largest absolute Gasteiger partial charge is 0.375 e. The number of hydrogen-bond acceptors (Lipinski definition) is 5. The first-order chi connectivity index (χ1) is 13.6. The Morgan fingerprint density at radius 2 is 2.18 bits per heavy atom. The maximum Gasteiger partial charge on any atom is 0.258 e. The van der Waals surface area contributed by atoms with Crippen LogP contribution in [0.1, 0.15) is 12.0 Å². The van der Waals surface area contributed by atoms with Gasteiger partial charge in [-0.1, -0.05) is 18.2 Å². The molecule has 2 N–H and O–H groups in total. The fraction of sp³-hybridized carbons (Fsp3) is 0.190. The molecule has 0 saturated carbocycles. The van der Waals surface area contributed by atoms with E-state index in [1.807, 2.05) is 41.9 Å². The second-order valence-electron chi connectivity index (χ2n) is 7.05. The molecule has 0 aliphatic carbocycles. The molecule has 4 aromatic rings. The number of nitrogens with zero attached hydrogens (tertiary/aromatic N) is 3. The summed E-state index contributed by atoms with van der Waals surface area (Å²) in [6.07, 6.45) is 4.04. The van der Waals surface area contributed by atoms with Crippen molar-refractivity contribution in [2.75, 3.05) is 13.6 Å². The van der Waals surface area contributed by atoms with E-state index in [9.17, 15) is 9.90 Å². The lowest BCUT2D eigenvalue weighted by atomic mass is 9.91. The summed E-state index contributed by atoms with van der Waals surface area (Å²) < 4.78 is 0. The number of amides is 1. The van der Waals surface area contributed by atoms with Gasteiger partial charge < -0.3 is 15.0 Å². The molecule has 0 radical (unpaired) electrons. The fourth-order valence-electron chi connectivity index (χ4n) is 3.75. The highest BCUT2D eigenvalue weighted by molar-refractivity contribution is 7.13. The molecule has 7 heteroatoms. The maximum atomic E-state index is 12.4. The van der Waals surface area contributed by atoms with Crippen molar-refractivity contribution in [3.63, 3.8) is 0 Å². The lowest BCUT2D eigenvalue weighted by Crippen LogP contribution is -2.36. The summed E-state index contributed by atoms with van der Waals surface area (Å²) >= 11 is 1.54. The van der Waals surface area contributed by atoms with Crippen molar-refractivity contribution in [2.45, 2.75) is 12.0 Å². The number of thiazole rings is 1. The molecule has 1 fully saturated rings. The van der Waals surface area contributed by atoms with Gasteiger partial charge in [-0.25, -0.2) is 9.97 Å². The van der Waals surface area contributed by atoms with Crippen LogP contribution in [0, 0.1) is 0 Å². The van der Waals surface area contributed by atoms with E-state index in [1.165, 1.54) is 0 Å². The van der Waals surface area contributed by atoms with Gasteiger partial charge in [-0.05, 0) is 23.8 Å². The van der Waals surface area contributed by atoms with E-state index >= 15 is 0 Å². The normalized spacial score (nSPS) is 19.6. The second-order valence-corrected chi connectivity index (χ2v) is 7.91. The standard InChI is InChI=1S/C21H18N4O2S/c1-25-10-7-21(27,20(25)26)14-4-2-3-13(11-14)19-24-17(12-28-19)15-5-8-22-18-16(15)6-9-23-18/h2-6,8-9,11-12,27H,7,10H2,1H3,(H,22,23)/t21-/m1/s1. The number of carbonyl (C=O) groups excluding carboxylic acids is 1. The highest BCUT2D eigenvalue weighted by atomic mass is 32.1. The third-order valence-electron chi connectivity index (χ3n) is 5.34. The van der Waals surface area contributed by atoms with Crippen LogP contribution in [0.15, 0.2) is 54.2 Å². The van der Waals surface area contributed by atoms with E-state index in [4.69, 9.17) is 4.98 Å². The number of likely N-dealkylation sites (N-methyl/N-ethyl adjacent to an activating group) is 1. The Morgan fingerprint density at radius 3 is 3.00 bits per heavy atom. The van der Waals surface area contributed by atoms with Crippen molar-refractivity contribution >= 4 is 28.3 Å². The molecule has 1 saturated heterocycles. The average molecular weight is 390 g/mol. The number of likely N-dealkylation sites (tertiary alicyclic amines) is 1. The van der Waals surface area contributed by atoms with Crippen molar-refractivity contribution in [1.29, 1.82) is 0 Å². The molecule has 140 valence electrons. The topological polar surface area (TPSA) is 82.1 Å². The Labute approximate surface area is 165 Å². The number of rotatable bonds is 3. The van der Waals surface area contributed by atoms with Crippen LogP contribution in [0.2, 0.25) is 0 Å². The molecule has 5 rings (SSSR count). The van der Waals surface area contributed by atoms with Crippen molar-refractivity contribution in [3.8, 4) is 21.8 Å². The van der Waals surface area contributed by atoms with Crippen LogP contribution < -0.4 is 0 Å². The van der Waals surface area contributed by atoms with Crippen molar-refractivity contribution in [3.05, 3.63) is 59.7 Å².